The fourth-order valence-electron chi connectivity index (χ4n) is 3.68. The Kier molecular flexibility index (Phi) is 6.73. The van der Waals surface area contributed by atoms with Crippen molar-refractivity contribution < 1.29 is 22.7 Å². The minimum Gasteiger partial charge on any atom is -0.462 e. The van der Waals surface area contributed by atoms with Crippen molar-refractivity contribution in [3.8, 4) is 16.9 Å². The number of alkyl halides is 3. The number of carbonyl (C=O) groups is 1. The lowest BCUT2D eigenvalue weighted by Crippen LogP contribution is -2.11. The van der Waals surface area contributed by atoms with Crippen LogP contribution in [0.1, 0.15) is 39.8 Å². The van der Waals surface area contributed by atoms with Gasteiger partial charge < -0.3 is 10.1 Å². The minimum absolute atomic E-state index is 0.0767. The molecule has 0 fully saturated rings. The molecule has 0 aliphatic rings. The van der Waals surface area contributed by atoms with E-state index in [1.54, 1.807) is 19.9 Å². The first-order valence-corrected chi connectivity index (χ1v) is 11.0. The van der Waals surface area contributed by atoms with E-state index in [0.717, 1.165) is 27.6 Å². The predicted molar refractivity (Wildman–Crippen MR) is 127 cm³/mol. The summed E-state index contributed by atoms with van der Waals surface area (Å²) >= 11 is 0. The molecule has 11 heteroatoms. The lowest BCUT2D eigenvalue weighted by molar-refractivity contribution is -0.141. The second-order valence-corrected chi connectivity index (χ2v) is 8.15. The van der Waals surface area contributed by atoms with Gasteiger partial charge in [0.1, 0.15) is 0 Å². The summed E-state index contributed by atoms with van der Waals surface area (Å²) in [6.07, 6.45) is -0.515. The molecule has 4 rings (SSSR count). The van der Waals surface area contributed by atoms with Gasteiger partial charge in [0.25, 0.3) is 0 Å². The Morgan fingerprint density at radius 1 is 1.06 bits per heavy atom. The molecular weight excluding hydrogens is 473 g/mol. The maximum Gasteiger partial charge on any atom is 0.435 e. The summed E-state index contributed by atoms with van der Waals surface area (Å²) < 4.78 is 45.9. The molecule has 0 aliphatic carbocycles. The number of esters is 1. The summed E-state index contributed by atoms with van der Waals surface area (Å²) in [6, 6.07) is 8.22. The SMILES string of the molecule is CCOC(=O)c1cc(-c2cnc(Nc3cc(C)cc(C)c3)nc2-n2ccc(C(F)(F)F)n2)cnc1C. The number of carbonyl (C=O) groups excluding carboxylic acids is 1. The van der Waals surface area contributed by atoms with Gasteiger partial charge in [-0.1, -0.05) is 6.07 Å². The van der Waals surface area contributed by atoms with Crippen molar-refractivity contribution in [2.75, 3.05) is 11.9 Å². The molecule has 1 aromatic carbocycles. The number of halogens is 3. The highest BCUT2D eigenvalue weighted by atomic mass is 19.4. The second-order valence-electron chi connectivity index (χ2n) is 8.15. The summed E-state index contributed by atoms with van der Waals surface area (Å²) in [5.74, 6) is -0.320. The molecule has 0 unspecified atom stereocenters. The van der Waals surface area contributed by atoms with E-state index >= 15 is 0 Å². The van der Waals surface area contributed by atoms with Crippen molar-refractivity contribution in [1.29, 1.82) is 0 Å². The summed E-state index contributed by atoms with van der Waals surface area (Å²) in [6.45, 7) is 7.42. The predicted octanol–water partition coefficient (Wildman–Crippen LogP) is 5.59. The van der Waals surface area contributed by atoms with Crippen LogP contribution in [0.15, 0.2) is 48.9 Å². The molecule has 3 heterocycles. The van der Waals surface area contributed by atoms with Gasteiger partial charge in [-0.2, -0.15) is 23.3 Å². The van der Waals surface area contributed by atoms with E-state index in [2.05, 4.69) is 25.4 Å². The first kappa shape index (κ1) is 24.8. The van der Waals surface area contributed by atoms with E-state index in [1.165, 1.54) is 18.6 Å². The van der Waals surface area contributed by atoms with Crippen LogP contribution in [0.4, 0.5) is 24.8 Å². The molecule has 8 nitrogen and oxygen atoms in total. The monoisotopic (exact) mass is 496 g/mol. The summed E-state index contributed by atoms with van der Waals surface area (Å²) in [7, 11) is 0. The van der Waals surface area contributed by atoms with Crippen LogP contribution in [0.3, 0.4) is 0 Å². The number of benzene rings is 1. The van der Waals surface area contributed by atoms with Gasteiger partial charge in [0.15, 0.2) is 11.5 Å². The van der Waals surface area contributed by atoms with Crippen molar-refractivity contribution in [2.24, 2.45) is 0 Å². The average molecular weight is 496 g/mol. The zero-order chi connectivity index (χ0) is 26.0. The van der Waals surface area contributed by atoms with Crippen LogP contribution in [0.2, 0.25) is 0 Å². The molecule has 0 radical (unpaired) electrons. The Labute approximate surface area is 205 Å². The molecule has 0 amide bonds. The fourth-order valence-corrected chi connectivity index (χ4v) is 3.68. The number of nitrogens with one attached hydrogen (secondary N) is 1. The molecule has 1 N–H and O–H groups in total. The first-order valence-electron chi connectivity index (χ1n) is 11.0. The van der Waals surface area contributed by atoms with Crippen molar-refractivity contribution in [3.63, 3.8) is 0 Å². The van der Waals surface area contributed by atoms with E-state index in [4.69, 9.17) is 4.74 Å². The van der Waals surface area contributed by atoms with Crippen LogP contribution in [0, 0.1) is 20.8 Å². The highest BCUT2D eigenvalue weighted by Crippen LogP contribution is 2.31. The molecular formula is C25H23F3N6O2. The Bertz CT molecular complexity index is 1410. The molecule has 4 aromatic rings. The maximum absolute atomic E-state index is 13.3. The lowest BCUT2D eigenvalue weighted by Gasteiger charge is -2.13. The topological polar surface area (TPSA) is 94.8 Å². The van der Waals surface area contributed by atoms with Crippen molar-refractivity contribution >= 4 is 17.6 Å². The first-order chi connectivity index (χ1) is 17.0. The number of ether oxygens (including phenoxy) is 1. The number of aromatic nitrogens is 5. The number of rotatable bonds is 6. The van der Waals surface area contributed by atoms with E-state index in [0.29, 0.717) is 16.8 Å². The van der Waals surface area contributed by atoms with Crippen LogP contribution in [0.5, 0.6) is 0 Å². The van der Waals surface area contributed by atoms with E-state index < -0.39 is 17.8 Å². The van der Waals surface area contributed by atoms with Gasteiger partial charge in [-0.05, 0) is 63.1 Å². The number of nitrogens with zero attached hydrogens (tertiary/aromatic N) is 5. The smallest absolute Gasteiger partial charge is 0.435 e. The number of pyridine rings is 1. The standard InChI is InChI=1S/C25H23F3N6O2/c1-5-36-23(35)19-11-17(12-29-16(19)4)20-13-30-24(31-18-9-14(2)8-15(3)10-18)32-22(20)34-7-6-21(33-34)25(26,27)28/h6-13H,5H2,1-4H3,(H,30,31,32). The quantitative estimate of drug-likeness (QED) is 0.348. The third-order valence-electron chi connectivity index (χ3n) is 5.24. The van der Waals surface area contributed by atoms with E-state index in [-0.39, 0.29) is 23.9 Å². The maximum atomic E-state index is 13.3. The van der Waals surface area contributed by atoms with Crippen LogP contribution in [-0.4, -0.2) is 37.3 Å². The van der Waals surface area contributed by atoms with Crippen LogP contribution in [0.25, 0.3) is 16.9 Å². The van der Waals surface area contributed by atoms with E-state index in [1.807, 2.05) is 32.0 Å². The zero-order valence-corrected chi connectivity index (χ0v) is 20.0. The van der Waals surface area contributed by atoms with Crippen LogP contribution in [-0.2, 0) is 10.9 Å². The second kappa shape index (κ2) is 9.76. The van der Waals surface area contributed by atoms with Gasteiger partial charge in [0, 0.05) is 35.4 Å². The summed E-state index contributed by atoms with van der Waals surface area (Å²) in [5, 5.41) is 6.77. The van der Waals surface area contributed by atoms with Gasteiger partial charge in [0.05, 0.1) is 17.9 Å². The number of anilines is 2. The van der Waals surface area contributed by atoms with Gasteiger partial charge in [-0.25, -0.2) is 14.5 Å². The van der Waals surface area contributed by atoms with Crippen molar-refractivity contribution in [3.05, 3.63) is 77.0 Å². The van der Waals surface area contributed by atoms with Crippen LogP contribution < -0.4 is 5.32 Å². The molecule has 186 valence electrons. The molecule has 0 aliphatic heterocycles. The molecule has 0 saturated carbocycles. The average Bonchev–Trinajstić information content (AvgIpc) is 3.30. The van der Waals surface area contributed by atoms with Gasteiger partial charge >= 0.3 is 12.1 Å². The zero-order valence-electron chi connectivity index (χ0n) is 20.0. The highest BCUT2D eigenvalue weighted by molar-refractivity contribution is 5.92. The van der Waals surface area contributed by atoms with E-state index in [9.17, 15) is 18.0 Å². The summed E-state index contributed by atoms with van der Waals surface area (Å²) in [5.41, 5.74) is 3.13. The molecule has 0 bridgehead atoms. The highest BCUT2D eigenvalue weighted by Gasteiger charge is 2.34. The third kappa shape index (κ3) is 5.35. The number of hydrogen-bond acceptors (Lipinski definition) is 7. The van der Waals surface area contributed by atoms with Gasteiger partial charge in [-0.3, -0.25) is 4.98 Å². The molecule has 0 saturated heterocycles. The number of hydrogen-bond donors (Lipinski definition) is 1. The normalized spacial score (nSPS) is 11.4. The largest absolute Gasteiger partial charge is 0.462 e. The molecule has 36 heavy (non-hydrogen) atoms. The Morgan fingerprint density at radius 3 is 2.42 bits per heavy atom. The Balaban J connectivity index is 1.84. The van der Waals surface area contributed by atoms with Gasteiger partial charge in [0.2, 0.25) is 5.95 Å². The molecule has 0 spiro atoms. The molecule has 3 aromatic heterocycles. The Morgan fingerprint density at radius 2 is 1.78 bits per heavy atom. The molecule has 0 atom stereocenters. The Hall–Kier alpha value is -4.28. The number of aryl methyl sites for hydroxylation is 3. The van der Waals surface area contributed by atoms with Crippen molar-refractivity contribution in [2.45, 2.75) is 33.9 Å². The lowest BCUT2D eigenvalue weighted by atomic mass is 10.1. The minimum atomic E-state index is -4.62. The van der Waals surface area contributed by atoms with Gasteiger partial charge in [-0.15, -0.1) is 0 Å². The fraction of sp³-hybridized carbons (Fsp3) is 0.240. The summed E-state index contributed by atoms with van der Waals surface area (Å²) in [4.78, 5) is 25.5. The van der Waals surface area contributed by atoms with Crippen LogP contribution >= 0.6 is 0 Å². The van der Waals surface area contributed by atoms with Crippen molar-refractivity contribution in [1.82, 2.24) is 24.7 Å². The third-order valence-corrected chi connectivity index (χ3v) is 5.24.